The predicted octanol–water partition coefficient (Wildman–Crippen LogP) is 5.51. The molecule has 3 aromatic rings. The molecule has 1 fully saturated rings. The summed E-state index contributed by atoms with van der Waals surface area (Å²) in [7, 11) is 2.22. The molecule has 1 aliphatic carbocycles. The number of nitrogens with one attached hydrogen (secondary N) is 1. The van der Waals surface area contributed by atoms with Crippen LogP contribution >= 0.6 is 0 Å². The van der Waals surface area contributed by atoms with E-state index in [1.54, 1.807) is 12.1 Å². The lowest BCUT2D eigenvalue weighted by molar-refractivity contribution is 0.105. The van der Waals surface area contributed by atoms with E-state index in [0.29, 0.717) is 12.1 Å². The average Bonchev–Trinajstić information content (AvgIpc) is 3.28. The van der Waals surface area contributed by atoms with Gasteiger partial charge >= 0.3 is 0 Å². The number of hydrogen-bond acceptors (Lipinski definition) is 4. The number of ether oxygens (including phenoxy) is 1. The van der Waals surface area contributed by atoms with Gasteiger partial charge < -0.3 is 4.74 Å². The van der Waals surface area contributed by atoms with Crippen LogP contribution in [0.2, 0.25) is 0 Å². The maximum absolute atomic E-state index is 13.2. The third-order valence-corrected chi connectivity index (χ3v) is 6.64. The molecule has 0 saturated heterocycles. The molecule has 4 nitrogen and oxygen atoms in total. The normalized spacial score (nSPS) is 21.2. The third kappa shape index (κ3) is 4.79. The van der Waals surface area contributed by atoms with E-state index in [-0.39, 0.29) is 5.82 Å². The van der Waals surface area contributed by atoms with Crippen LogP contribution in [0.15, 0.2) is 78.5 Å². The van der Waals surface area contributed by atoms with E-state index >= 15 is 0 Å². The number of benzene rings is 3. The summed E-state index contributed by atoms with van der Waals surface area (Å²) >= 11 is 0. The fraction of sp³-hybridized carbons (Fsp3) is 0.333. The third-order valence-electron chi connectivity index (χ3n) is 6.64. The summed E-state index contributed by atoms with van der Waals surface area (Å²) < 4.78 is 19.5. The zero-order valence-electron chi connectivity index (χ0n) is 18.5. The minimum Gasteiger partial charge on any atom is -0.490 e. The summed E-state index contributed by atoms with van der Waals surface area (Å²) in [5, 5.41) is 4.46. The maximum atomic E-state index is 13.2. The van der Waals surface area contributed by atoms with Gasteiger partial charge in [-0.05, 0) is 85.5 Å². The summed E-state index contributed by atoms with van der Waals surface area (Å²) in [6.45, 7) is 1.76. The van der Waals surface area contributed by atoms with E-state index in [1.165, 1.54) is 28.5 Å². The van der Waals surface area contributed by atoms with Crippen molar-refractivity contribution in [2.45, 2.75) is 37.8 Å². The van der Waals surface area contributed by atoms with Crippen LogP contribution in [0.25, 0.3) is 10.8 Å². The molecule has 0 radical (unpaired) electrons. The molecule has 1 heterocycles. The van der Waals surface area contributed by atoms with E-state index in [4.69, 9.17) is 4.74 Å². The number of anilines is 1. The van der Waals surface area contributed by atoms with Gasteiger partial charge in [0.05, 0.1) is 11.8 Å². The number of hydrazine groups is 1. The quantitative estimate of drug-likeness (QED) is 0.557. The Morgan fingerprint density at radius 1 is 0.969 bits per heavy atom. The highest BCUT2D eigenvalue weighted by Crippen LogP contribution is 2.29. The van der Waals surface area contributed by atoms with Crippen molar-refractivity contribution in [3.05, 3.63) is 84.3 Å². The summed E-state index contributed by atoms with van der Waals surface area (Å²) in [6.07, 6.45) is 6.90. The highest BCUT2D eigenvalue weighted by Gasteiger charge is 2.26. The van der Waals surface area contributed by atoms with Gasteiger partial charge in [0.15, 0.2) is 0 Å². The molecule has 166 valence electrons. The number of nitrogens with zero attached hydrogens (tertiary/aromatic N) is 2. The fourth-order valence-electron chi connectivity index (χ4n) is 4.81. The lowest BCUT2D eigenvalue weighted by Crippen LogP contribution is -2.39. The van der Waals surface area contributed by atoms with Gasteiger partial charge in [-0.15, -0.1) is 0 Å². The molecule has 32 heavy (non-hydrogen) atoms. The van der Waals surface area contributed by atoms with Crippen LogP contribution in [0.4, 0.5) is 10.1 Å². The summed E-state index contributed by atoms with van der Waals surface area (Å²) in [5.41, 5.74) is 5.66. The van der Waals surface area contributed by atoms with Crippen molar-refractivity contribution in [1.82, 2.24) is 10.3 Å². The van der Waals surface area contributed by atoms with Gasteiger partial charge in [0, 0.05) is 25.3 Å². The molecule has 3 aromatic carbocycles. The molecular formula is C27H30FN3O. The topological polar surface area (TPSA) is 27.7 Å². The molecule has 1 aliphatic heterocycles. The van der Waals surface area contributed by atoms with Crippen LogP contribution in [-0.2, 0) is 0 Å². The lowest BCUT2D eigenvalue weighted by Gasteiger charge is -2.35. The Balaban J connectivity index is 1.12. The molecule has 1 saturated carbocycles. The van der Waals surface area contributed by atoms with Crippen LogP contribution in [0, 0.1) is 5.82 Å². The lowest BCUT2D eigenvalue weighted by atomic mass is 9.91. The molecule has 0 aromatic heterocycles. The van der Waals surface area contributed by atoms with Crippen LogP contribution < -0.4 is 15.2 Å². The predicted molar refractivity (Wildman–Crippen MR) is 128 cm³/mol. The standard InChI is InChI=1S/C27H30FN3O/c1-30(18-20-17-29-31(19-20)25-9-7-23(28)8-10-25)24-11-14-26(15-12-24)32-27-13-6-21-4-2-3-5-22(21)16-27/h2-10,13,16,19,24,26,29H,11-12,14-15,17-18H2,1H3. The van der Waals surface area contributed by atoms with E-state index in [1.807, 2.05) is 5.01 Å². The molecule has 2 aliphatic rings. The molecular weight excluding hydrogens is 401 g/mol. The van der Waals surface area contributed by atoms with Gasteiger partial charge in [-0.1, -0.05) is 30.3 Å². The Bertz CT molecular complexity index is 1090. The Hall–Kier alpha value is -2.89. The molecule has 0 bridgehead atoms. The van der Waals surface area contributed by atoms with Crippen molar-refractivity contribution in [1.29, 1.82) is 0 Å². The van der Waals surface area contributed by atoms with Crippen molar-refractivity contribution in [2.24, 2.45) is 0 Å². The zero-order valence-corrected chi connectivity index (χ0v) is 18.5. The first-order chi connectivity index (χ1) is 15.6. The van der Waals surface area contributed by atoms with Gasteiger partial charge in [0.1, 0.15) is 11.6 Å². The van der Waals surface area contributed by atoms with Gasteiger partial charge in [-0.3, -0.25) is 9.91 Å². The highest BCUT2D eigenvalue weighted by atomic mass is 19.1. The van der Waals surface area contributed by atoms with Crippen LogP contribution in [-0.4, -0.2) is 37.2 Å². The van der Waals surface area contributed by atoms with Crippen LogP contribution in [0.3, 0.4) is 0 Å². The zero-order chi connectivity index (χ0) is 21.9. The van der Waals surface area contributed by atoms with Crippen LogP contribution in [0.5, 0.6) is 5.75 Å². The molecule has 5 heteroatoms. The van der Waals surface area contributed by atoms with E-state index in [0.717, 1.165) is 50.2 Å². The molecule has 0 unspecified atom stereocenters. The second-order valence-electron chi connectivity index (χ2n) is 8.94. The Morgan fingerprint density at radius 3 is 2.50 bits per heavy atom. The number of rotatable bonds is 6. The number of fused-ring (bicyclic) bond motifs is 1. The minimum absolute atomic E-state index is 0.211. The van der Waals surface area contributed by atoms with E-state index in [2.05, 4.69) is 66.0 Å². The molecule has 0 amide bonds. The van der Waals surface area contributed by atoms with Crippen LogP contribution in [0.1, 0.15) is 25.7 Å². The smallest absolute Gasteiger partial charge is 0.123 e. The van der Waals surface area contributed by atoms with Gasteiger partial charge in [0.2, 0.25) is 0 Å². The Kier molecular flexibility index (Phi) is 6.10. The van der Waals surface area contributed by atoms with Crippen molar-refractivity contribution >= 4 is 16.5 Å². The summed E-state index contributed by atoms with van der Waals surface area (Å²) in [6, 6.07) is 21.9. The number of halogens is 1. The van der Waals surface area contributed by atoms with E-state index < -0.39 is 0 Å². The molecule has 5 rings (SSSR count). The van der Waals surface area contributed by atoms with Gasteiger partial charge in [0.25, 0.3) is 0 Å². The number of likely N-dealkylation sites (N-methyl/N-ethyl adjacent to an activating group) is 1. The van der Waals surface area contributed by atoms with Gasteiger partial charge in [-0.25, -0.2) is 9.82 Å². The largest absolute Gasteiger partial charge is 0.490 e. The summed E-state index contributed by atoms with van der Waals surface area (Å²) in [5.74, 6) is 0.764. The molecule has 0 atom stereocenters. The molecule has 0 spiro atoms. The van der Waals surface area contributed by atoms with E-state index in [9.17, 15) is 4.39 Å². The average molecular weight is 432 g/mol. The Morgan fingerprint density at radius 2 is 1.72 bits per heavy atom. The number of hydrogen-bond donors (Lipinski definition) is 1. The summed E-state index contributed by atoms with van der Waals surface area (Å²) in [4.78, 5) is 2.47. The van der Waals surface area contributed by atoms with Gasteiger partial charge in [-0.2, -0.15) is 0 Å². The first kappa shape index (κ1) is 21.0. The molecule has 1 N–H and O–H groups in total. The maximum Gasteiger partial charge on any atom is 0.123 e. The first-order valence-corrected chi connectivity index (χ1v) is 11.5. The second kappa shape index (κ2) is 9.31. The Labute approximate surface area is 189 Å². The minimum atomic E-state index is -0.211. The SMILES string of the molecule is CN(CC1=CN(c2ccc(F)cc2)NC1)C1CCC(Oc2ccc3ccccc3c2)CC1. The second-order valence-corrected chi connectivity index (χ2v) is 8.94. The monoisotopic (exact) mass is 431 g/mol. The first-order valence-electron chi connectivity index (χ1n) is 11.5. The van der Waals surface area contributed by atoms with Crippen molar-refractivity contribution in [3.8, 4) is 5.75 Å². The van der Waals surface area contributed by atoms with Crippen molar-refractivity contribution in [3.63, 3.8) is 0 Å². The fourth-order valence-corrected chi connectivity index (χ4v) is 4.81. The van der Waals surface area contributed by atoms with Crippen molar-refractivity contribution in [2.75, 3.05) is 25.1 Å². The van der Waals surface area contributed by atoms with Crippen molar-refractivity contribution < 1.29 is 9.13 Å². The highest BCUT2D eigenvalue weighted by molar-refractivity contribution is 5.83.